The minimum Gasteiger partial charge on any atom is -0.453 e. The Labute approximate surface area is 127 Å². The van der Waals surface area contributed by atoms with Crippen LogP contribution in [0.1, 0.15) is 6.92 Å². The molecular weight excluding hydrogens is 284 g/mol. The Kier molecular flexibility index (Phi) is 4.92. The van der Waals surface area contributed by atoms with E-state index in [4.69, 9.17) is 0 Å². The topological polar surface area (TPSA) is 92.4 Å². The van der Waals surface area contributed by atoms with Crippen molar-refractivity contribution in [3.05, 3.63) is 42.6 Å². The van der Waals surface area contributed by atoms with Crippen LogP contribution in [0.2, 0.25) is 0 Å². The van der Waals surface area contributed by atoms with Crippen molar-refractivity contribution in [1.29, 1.82) is 0 Å². The summed E-state index contributed by atoms with van der Waals surface area (Å²) in [5.41, 5.74) is 2.01. The van der Waals surface area contributed by atoms with Crippen molar-refractivity contribution in [3.63, 3.8) is 0 Å². The lowest BCUT2D eigenvalue weighted by molar-refractivity contribution is -0.114. The molecule has 0 atom stereocenters. The summed E-state index contributed by atoms with van der Waals surface area (Å²) < 4.78 is 4.50. The number of rotatable bonds is 4. The van der Waals surface area contributed by atoms with Crippen molar-refractivity contribution in [2.24, 2.45) is 0 Å². The van der Waals surface area contributed by atoms with E-state index >= 15 is 0 Å². The molecule has 0 aliphatic heterocycles. The molecule has 0 unspecified atom stereocenters. The van der Waals surface area contributed by atoms with Gasteiger partial charge in [0.05, 0.1) is 19.0 Å². The van der Waals surface area contributed by atoms with Gasteiger partial charge in [-0.25, -0.2) is 9.78 Å². The van der Waals surface area contributed by atoms with E-state index in [-0.39, 0.29) is 5.91 Å². The highest BCUT2D eigenvalue weighted by molar-refractivity contribution is 5.89. The number of hydrogen-bond acceptors (Lipinski definition) is 5. The van der Waals surface area contributed by atoms with Crippen molar-refractivity contribution in [3.8, 4) is 0 Å². The predicted molar refractivity (Wildman–Crippen MR) is 84.3 cm³/mol. The molecule has 0 fully saturated rings. The van der Waals surface area contributed by atoms with Crippen molar-refractivity contribution < 1.29 is 14.3 Å². The second-order valence-corrected chi connectivity index (χ2v) is 4.44. The molecule has 0 radical (unpaired) electrons. The largest absolute Gasteiger partial charge is 0.453 e. The molecule has 2 amide bonds. The number of hydrogen-bond donors (Lipinski definition) is 3. The molecule has 22 heavy (non-hydrogen) atoms. The van der Waals surface area contributed by atoms with E-state index < -0.39 is 6.09 Å². The average Bonchev–Trinajstić information content (AvgIpc) is 2.49. The number of benzene rings is 1. The minimum absolute atomic E-state index is 0.131. The van der Waals surface area contributed by atoms with Crippen molar-refractivity contribution in [1.82, 2.24) is 4.98 Å². The normalized spacial score (nSPS) is 9.73. The first-order chi connectivity index (χ1) is 10.6. The van der Waals surface area contributed by atoms with Gasteiger partial charge in [-0.15, -0.1) is 0 Å². The molecule has 0 bridgehead atoms. The van der Waals surface area contributed by atoms with E-state index in [9.17, 15) is 9.59 Å². The summed E-state index contributed by atoms with van der Waals surface area (Å²) in [7, 11) is 1.29. The molecule has 0 aliphatic carbocycles. The van der Waals surface area contributed by atoms with Gasteiger partial charge in [0.1, 0.15) is 5.82 Å². The third-order valence-corrected chi connectivity index (χ3v) is 2.65. The molecule has 1 heterocycles. The number of methoxy groups -OCH3 is 1. The zero-order valence-electron chi connectivity index (χ0n) is 12.2. The van der Waals surface area contributed by atoms with E-state index in [1.807, 2.05) is 12.1 Å². The molecular formula is C15H16N4O3. The van der Waals surface area contributed by atoms with Crippen molar-refractivity contribution >= 4 is 34.9 Å². The van der Waals surface area contributed by atoms with Crippen molar-refractivity contribution in [2.75, 3.05) is 23.1 Å². The third kappa shape index (κ3) is 4.48. The van der Waals surface area contributed by atoms with Gasteiger partial charge < -0.3 is 15.4 Å². The monoisotopic (exact) mass is 300 g/mol. The van der Waals surface area contributed by atoms with Crippen LogP contribution in [0.15, 0.2) is 42.6 Å². The lowest BCUT2D eigenvalue weighted by atomic mass is 10.2. The van der Waals surface area contributed by atoms with E-state index in [0.29, 0.717) is 17.2 Å². The fourth-order valence-electron chi connectivity index (χ4n) is 1.74. The van der Waals surface area contributed by atoms with E-state index in [1.165, 1.54) is 20.2 Å². The third-order valence-electron chi connectivity index (χ3n) is 2.65. The zero-order valence-corrected chi connectivity index (χ0v) is 12.2. The average molecular weight is 300 g/mol. The van der Waals surface area contributed by atoms with Gasteiger partial charge in [-0.1, -0.05) is 6.07 Å². The highest BCUT2D eigenvalue weighted by atomic mass is 16.5. The van der Waals surface area contributed by atoms with Gasteiger partial charge in [-0.2, -0.15) is 0 Å². The fourth-order valence-corrected chi connectivity index (χ4v) is 1.74. The summed E-state index contributed by atoms with van der Waals surface area (Å²) >= 11 is 0. The number of pyridine rings is 1. The summed E-state index contributed by atoms with van der Waals surface area (Å²) in [6.07, 6.45) is 0.960. The van der Waals surface area contributed by atoms with Gasteiger partial charge in [-0.05, 0) is 30.3 Å². The van der Waals surface area contributed by atoms with Crippen LogP contribution in [0.4, 0.5) is 27.7 Å². The molecule has 0 spiro atoms. The summed E-state index contributed by atoms with van der Waals surface area (Å²) in [5.74, 6) is 0.476. The Morgan fingerprint density at radius 2 is 1.82 bits per heavy atom. The second kappa shape index (κ2) is 7.07. The number of nitrogens with zero attached hydrogens (tertiary/aromatic N) is 1. The van der Waals surface area contributed by atoms with Gasteiger partial charge in [0.25, 0.3) is 0 Å². The molecule has 0 saturated heterocycles. The molecule has 7 nitrogen and oxygen atoms in total. The first-order valence-corrected chi connectivity index (χ1v) is 6.52. The predicted octanol–water partition coefficient (Wildman–Crippen LogP) is 2.96. The maximum Gasteiger partial charge on any atom is 0.411 e. The molecule has 7 heteroatoms. The summed E-state index contributed by atoms with van der Waals surface area (Å²) in [4.78, 5) is 26.3. The maximum absolute atomic E-state index is 11.1. The van der Waals surface area contributed by atoms with Crippen LogP contribution in [0.5, 0.6) is 0 Å². The molecule has 1 aromatic heterocycles. The fraction of sp³-hybridized carbons (Fsp3) is 0.133. The molecule has 0 aliphatic rings. The van der Waals surface area contributed by atoms with Crippen molar-refractivity contribution in [2.45, 2.75) is 6.92 Å². The molecule has 3 N–H and O–H groups in total. The quantitative estimate of drug-likeness (QED) is 0.807. The summed E-state index contributed by atoms with van der Waals surface area (Å²) in [6.45, 7) is 1.45. The number of carbonyl (C=O) groups is 2. The molecule has 2 rings (SSSR count). The van der Waals surface area contributed by atoms with E-state index in [1.54, 1.807) is 24.3 Å². The maximum atomic E-state index is 11.1. The molecule has 114 valence electrons. The first kappa shape index (κ1) is 15.3. The van der Waals surface area contributed by atoms with Crippen LogP contribution in [0, 0.1) is 0 Å². The second-order valence-electron chi connectivity index (χ2n) is 4.44. The Hall–Kier alpha value is -3.09. The van der Waals surface area contributed by atoms with Gasteiger partial charge in [-0.3, -0.25) is 10.1 Å². The van der Waals surface area contributed by atoms with Gasteiger partial charge in [0.15, 0.2) is 0 Å². The number of carbonyl (C=O) groups excluding carboxylic acids is 2. The van der Waals surface area contributed by atoms with Crippen LogP contribution in [0.25, 0.3) is 0 Å². The molecule has 1 aromatic carbocycles. The number of amides is 2. The van der Waals surface area contributed by atoms with E-state index in [2.05, 4.69) is 25.7 Å². The van der Waals surface area contributed by atoms with Gasteiger partial charge in [0.2, 0.25) is 5.91 Å². The van der Waals surface area contributed by atoms with Gasteiger partial charge in [0, 0.05) is 18.3 Å². The van der Waals surface area contributed by atoms with Crippen LogP contribution in [-0.4, -0.2) is 24.1 Å². The molecule has 2 aromatic rings. The van der Waals surface area contributed by atoms with E-state index in [0.717, 1.165) is 5.69 Å². The summed E-state index contributed by atoms with van der Waals surface area (Å²) in [5, 5.41) is 8.33. The van der Waals surface area contributed by atoms with Gasteiger partial charge >= 0.3 is 6.09 Å². The minimum atomic E-state index is -0.550. The summed E-state index contributed by atoms with van der Waals surface area (Å²) in [6, 6.07) is 10.7. The zero-order chi connectivity index (χ0) is 15.9. The van der Waals surface area contributed by atoms with Crippen LogP contribution < -0.4 is 16.0 Å². The Balaban J connectivity index is 2.04. The Morgan fingerprint density at radius 1 is 1.05 bits per heavy atom. The highest BCUT2D eigenvalue weighted by Crippen LogP contribution is 2.19. The Bertz CT molecular complexity index is 671. The number of nitrogens with one attached hydrogen (secondary N) is 3. The Morgan fingerprint density at radius 3 is 2.45 bits per heavy atom. The molecule has 0 saturated carbocycles. The lowest BCUT2D eigenvalue weighted by Gasteiger charge is -2.09. The smallest absolute Gasteiger partial charge is 0.411 e. The lowest BCUT2D eigenvalue weighted by Crippen LogP contribution is -2.11. The highest BCUT2D eigenvalue weighted by Gasteiger charge is 2.02. The van der Waals surface area contributed by atoms with Crippen LogP contribution in [0.3, 0.4) is 0 Å². The number of aromatic nitrogens is 1. The van der Waals surface area contributed by atoms with Crippen LogP contribution in [-0.2, 0) is 9.53 Å². The number of ether oxygens (including phenoxy) is 1. The first-order valence-electron chi connectivity index (χ1n) is 6.52. The number of anilines is 4. The standard InChI is InChI=1S/C15H16N4O3/c1-10(20)17-11-4-3-5-12(8-11)18-14-7-6-13(9-16-14)19-15(21)22-2/h3-9H,1-2H3,(H,16,18)(H,17,20)(H,19,21). The SMILES string of the molecule is COC(=O)Nc1ccc(Nc2cccc(NC(C)=O)c2)nc1. The van der Waals surface area contributed by atoms with Crippen LogP contribution >= 0.6 is 0 Å².